The fourth-order valence-corrected chi connectivity index (χ4v) is 5.32. The average molecular weight is 491 g/mol. The monoisotopic (exact) mass is 490 g/mol. The van der Waals surface area contributed by atoms with Crippen molar-refractivity contribution in [2.75, 3.05) is 19.8 Å². The molecule has 2 N–H and O–H groups in total. The Morgan fingerprint density at radius 2 is 2.06 bits per heavy atom. The van der Waals surface area contributed by atoms with Gasteiger partial charge >= 0.3 is 0 Å². The Morgan fingerprint density at radius 3 is 2.82 bits per heavy atom. The number of amides is 2. The number of guanidine groups is 1. The second kappa shape index (κ2) is 11.4. The number of aliphatic imine (C=N–C) groups is 1. The van der Waals surface area contributed by atoms with E-state index in [1.807, 2.05) is 28.9 Å². The summed E-state index contributed by atoms with van der Waals surface area (Å²) in [5.74, 6) is 1.29. The van der Waals surface area contributed by atoms with Gasteiger partial charge in [0.05, 0.1) is 30.5 Å². The smallest absolute Gasteiger partial charge is 0.249 e. The van der Waals surface area contributed by atoms with Gasteiger partial charge in [0.15, 0.2) is 0 Å². The van der Waals surface area contributed by atoms with Crippen molar-refractivity contribution in [3.8, 4) is 5.75 Å². The molecule has 0 spiro atoms. The number of nitrogens with zero attached hydrogens (tertiary/aromatic N) is 3. The van der Waals surface area contributed by atoms with E-state index < -0.39 is 0 Å². The molecule has 34 heavy (non-hydrogen) atoms. The van der Waals surface area contributed by atoms with E-state index in [1.54, 1.807) is 0 Å². The lowest BCUT2D eigenvalue weighted by Gasteiger charge is -2.34. The first-order valence-electron chi connectivity index (χ1n) is 12.5. The van der Waals surface area contributed by atoms with E-state index in [1.165, 1.54) is 19.3 Å². The van der Waals surface area contributed by atoms with Gasteiger partial charge in [0, 0.05) is 24.6 Å². The largest absolute Gasteiger partial charge is 0.492 e. The first-order valence-corrected chi connectivity index (χ1v) is 12.9. The van der Waals surface area contributed by atoms with Crippen molar-refractivity contribution in [2.45, 2.75) is 83.3 Å². The van der Waals surface area contributed by atoms with Gasteiger partial charge < -0.3 is 19.6 Å². The Balaban J connectivity index is 1.22. The highest BCUT2D eigenvalue weighted by Crippen LogP contribution is 2.39. The molecular weight excluding hydrogens is 456 g/mol. The molecule has 1 saturated heterocycles. The fraction of sp³-hybridized carbons (Fsp3) is 0.640. The SMILES string of the molecule is CC1C(=O)NC2=Nc3ccc(OCCCCCC(=O)N(CCO)C4CCCCC4)c(Cl)c3CN21. The summed E-state index contributed by atoms with van der Waals surface area (Å²) >= 11 is 6.62. The van der Waals surface area contributed by atoms with Crippen molar-refractivity contribution >= 4 is 35.1 Å². The van der Waals surface area contributed by atoms with Gasteiger partial charge in [0.25, 0.3) is 0 Å². The lowest BCUT2D eigenvalue weighted by atomic mass is 9.94. The predicted octanol–water partition coefficient (Wildman–Crippen LogP) is 3.75. The van der Waals surface area contributed by atoms with Crippen LogP contribution < -0.4 is 10.1 Å². The number of carbonyl (C=O) groups is 2. The van der Waals surface area contributed by atoms with Crippen LogP contribution in [0.2, 0.25) is 5.02 Å². The second-order valence-electron chi connectivity index (χ2n) is 9.37. The van der Waals surface area contributed by atoms with Crippen LogP contribution in [0.3, 0.4) is 0 Å². The molecule has 8 nitrogen and oxygen atoms in total. The van der Waals surface area contributed by atoms with Gasteiger partial charge in [-0.3, -0.25) is 14.9 Å². The van der Waals surface area contributed by atoms with E-state index in [0.29, 0.717) is 48.9 Å². The van der Waals surface area contributed by atoms with Crippen LogP contribution >= 0.6 is 11.6 Å². The van der Waals surface area contributed by atoms with Crippen molar-refractivity contribution in [2.24, 2.45) is 4.99 Å². The quantitative estimate of drug-likeness (QED) is 0.487. The molecule has 3 aliphatic rings. The van der Waals surface area contributed by atoms with E-state index in [0.717, 1.165) is 43.4 Å². The van der Waals surface area contributed by atoms with Crippen molar-refractivity contribution in [1.82, 2.24) is 15.1 Å². The van der Waals surface area contributed by atoms with Crippen molar-refractivity contribution in [1.29, 1.82) is 0 Å². The van der Waals surface area contributed by atoms with E-state index in [4.69, 9.17) is 16.3 Å². The van der Waals surface area contributed by atoms with Gasteiger partial charge in [-0.1, -0.05) is 30.9 Å². The number of nitrogens with one attached hydrogen (secondary N) is 1. The fourth-order valence-electron chi connectivity index (χ4n) is 5.05. The van der Waals surface area contributed by atoms with Gasteiger partial charge in [-0.25, -0.2) is 4.99 Å². The zero-order valence-corrected chi connectivity index (χ0v) is 20.6. The highest BCUT2D eigenvalue weighted by atomic mass is 35.5. The third-order valence-electron chi connectivity index (χ3n) is 7.06. The van der Waals surface area contributed by atoms with Crippen LogP contribution in [0.15, 0.2) is 17.1 Å². The third kappa shape index (κ3) is 5.49. The molecule has 1 saturated carbocycles. The first kappa shape index (κ1) is 24.8. The molecule has 4 rings (SSSR count). The molecular formula is C25H35ClN4O4. The van der Waals surface area contributed by atoms with E-state index in [-0.39, 0.29) is 24.5 Å². The van der Waals surface area contributed by atoms with Crippen LogP contribution in [0.25, 0.3) is 0 Å². The molecule has 2 amide bonds. The molecule has 1 aromatic rings. The van der Waals surface area contributed by atoms with Crippen LogP contribution in [-0.4, -0.2) is 64.5 Å². The van der Waals surface area contributed by atoms with Gasteiger partial charge in [-0.2, -0.15) is 0 Å². The number of aliphatic hydroxyl groups is 1. The maximum Gasteiger partial charge on any atom is 0.249 e. The molecule has 1 aromatic carbocycles. The average Bonchev–Trinajstić information content (AvgIpc) is 3.12. The standard InChI is InChI=1S/C25H35ClN4O4/c1-17-24(33)28-25-27-20-11-12-21(23(26)19(20)16-30(17)25)34-15-7-3-6-10-22(32)29(13-14-31)18-8-4-2-5-9-18/h11-12,17-18,31H,2-10,13-16H2,1H3,(H,27,28,33). The molecule has 2 aliphatic heterocycles. The summed E-state index contributed by atoms with van der Waals surface area (Å²) in [4.78, 5) is 33.0. The minimum Gasteiger partial charge on any atom is -0.492 e. The number of unbranched alkanes of at least 4 members (excludes halogenated alkanes) is 2. The number of hydrogen-bond donors (Lipinski definition) is 2. The van der Waals surface area contributed by atoms with Crippen LogP contribution in [0.5, 0.6) is 5.75 Å². The minimum atomic E-state index is -0.276. The normalized spacial score (nSPS) is 19.9. The van der Waals surface area contributed by atoms with Crippen LogP contribution in [0.1, 0.15) is 70.3 Å². The minimum absolute atomic E-state index is 0.0216. The number of hydrogen-bond acceptors (Lipinski definition) is 6. The summed E-state index contributed by atoms with van der Waals surface area (Å²) in [7, 11) is 0. The zero-order chi connectivity index (χ0) is 24.1. The summed E-state index contributed by atoms with van der Waals surface area (Å²) in [6.45, 7) is 3.34. The second-order valence-corrected chi connectivity index (χ2v) is 9.74. The molecule has 1 atom stereocenters. The number of ether oxygens (including phenoxy) is 1. The Labute approximate surface area is 206 Å². The zero-order valence-electron chi connectivity index (χ0n) is 19.9. The molecule has 1 unspecified atom stereocenters. The van der Waals surface area contributed by atoms with Crippen LogP contribution in [0.4, 0.5) is 5.69 Å². The summed E-state index contributed by atoms with van der Waals surface area (Å²) in [5, 5.41) is 12.7. The van der Waals surface area contributed by atoms with Crippen molar-refractivity contribution < 1.29 is 19.4 Å². The number of benzene rings is 1. The summed E-state index contributed by atoms with van der Waals surface area (Å²) in [6.07, 6.45) is 8.72. The Hall–Kier alpha value is -2.32. The topological polar surface area (TPSA) is 94.5 Å². The van der Waals surface area contributed by atoms with Crippen molar-refractivity contribution in [3.63, 3.8) is 0 Å². The highest BCUT2D eigenvalue weighted by Gasteiger charge is 2.37. The molecule has 9 heteroatoms. The summed E-state index contributed by atoms with van der Waals surface area (Å²) in [6, 6.07) is 3.71. The predicted molar refractivity (Wildman–Crippen MR) is 131 cm³/mol. The van der Waals surface area contributed by atoms with E-state index in [2.05, 4.69) is 10.3 Å². The maximum absolute atomic E-state index is 12.7. The number of aliphatic hydroxyl groups excluding tert-OH is 1. The molecule has 186 valence electrons. The lowest BCUT2D eigenvalue weighted by molar-refractivity contribution is -0.135. The van der Waals surface area contributed by atoms with Gasteiger partial charge in [-0.15, -0.1) is 0 Å². The van der Waals surface area contributed by atoms with Gasteiger partial charge in [0.2, 0.25) is 17.8 Å². The van der Waals surface area contributed by atoms with Gasteiger partial charge in [-0.05, 0) is 51.2 Å². The maximum atomic E-state index is 12.7. The molecule has 0 radical (unpaired) electrons. The van der Waals surface area contributed by atoms with Gasteiger partial charge in [0.1, 0.15) is 11.8 Å². The Morgan fingerprint density at radius 1 is 1.26 bits per heavy atom. The first-order chi connectivity index (χ1) is 16.5. The highest BCUT2D eigenvalue weighted by molar-refractivity contribution is 6.33. The van der Waals surface area contributed by atoms with E-state index in [9.17, 15) is 14.7 Å². The van der Waals surface area contributed by atoms with E-state index >= 15 is 0 Å². The Bertz CT molecular complexity index is 932. The van der Waals surface area contributed by atoms with Crippen LogP contribution in [-0.2, 0) is 16.1 Å². The molecule has 1 aliphatic carbocycles. The number of rotatable bonds is 10. The molecule has 2 fully saturated rings. The number of fused-ring (bicyclic) bond motifs is 2. The number of halogens is 1. The summed E-state index contributed by atoms with van der Waals surface area (Å²) in [5.41, 5.74) is 1.62. The number of carbonyl (C=O) groups excluding carboxylic acids is 2. The molecule has 0 aromatic heterocycles. The third-order valence-corrected chi connectivity index (χ3v) is 7.48. The Kier molecular flexibility index (Phi) is 8.32. The van der Waals surface area contributed by atoms with Crippen LogP contribution in [0, 0.1) is 0 Å². The summed E-state index contributed by atoms with van der Waals surface area (Å²) < 4.78 is 5.94. The van der Waals surface area contributed by atoms with Crippen molar-refractivity contribution in [3.05, 3.63) is 22.7 Å². The molecule has 2 heterocycles. The lowest BCUT2D eigenvalue weighted by Crippen LogP contribution is -2.43. The molecule has 0 bridgehead atoms.